The van der Waals surface area contributed by atoms with E-state index in [2.05, 4.69) is 5.32 Å². The van der Waals surface area contributed by atoms with Crippen molar-refractivity contribution in [2.45, 2.75) is 26.2 Å². The number of rotatable bonds is 1. The number of carbonyl (C=O) groups is 2. The zero-order valence-corrected chi connectivity index (χ0v) is 9.79. The Bertz CT molecular complexity index is 484. The molecular weight excluding hydrogens is 221 g/mol. The van der Waals surface area contributed by atoms with E-state index >= 15 is 0 Å². The van der Waals surface area contributed by atoms with Crippen LogP contribution in [-0.4, -0.2) is 11.8 Å². The van der Waals surface area contributed by atoms with Crippen LogP contribution in [0.15, 0.2) is 18.2 Å². The van der Waals surface area contributed by atoms with Crippen LogP contribution in [0.25, 0.3) is 0 Å². The fourth-order valence-electron chi connectivity index (χ4n) is 2.11. The minimum atomic E-state index is -0.310. The molecule has 1 heterocycles. The molecule has 17 heavy (non-hydrogen) atoms. The average Bonchev–Trinajstić information content (AvgIpc) is 2.27. The molecule has 90 valence electrons. The Kier molecular flexibility index (Phi) is 2.96. The van der Waals surface area contributed by atoms with Crippen molar-refractivity contribution in [3.05, 3.63) is 35.1 Å². The predicted octanol–water partition coefficient (Wildman–Crippen LogP) is 1.90. The van der Waals surface area contributed by atoms with Crippen molar-refractivity contribution in [3.8, 4) is 0 Å². The number of hydrogen-bond donors (Lipinski definition) is 1. The Morgan fingerprint density at radius 2 is 2.06 bits per heavy atom. The van der Waals surface area contributed by atoms with Crippen LogP contribution in [0.1, 0.15) is 30.4 Å². The highest BCUT2D eigenvalue weighted by atomic mass is 19.1. The van der Waals surface area contributed by atoms with Gasteiger partial charge in [-0.2, -0.15) is 0 Å². The lowest BCUT2D eigenvalue weighted by molar-refractivity contribution is -0.136. The summed E-state index contributed by atoms with van der Waals surface area (Å²) in [5, 5.41) is 2.28. The van der Waals surface area contributed by atoms with Crippen LogP contribution in [0, 0.1) is 18.7 Å². The van der Waals surface area contributed by atoms with E-state index in [4.69, 9.17) is 0 Å². The summed E-state index contributed by atoms with van der Waals surface area (Å²) in [6.07, 6.45) is 0.232. The van der Waals surface area contributed by atoms with Crippen LogP contribution in [-0.2, 0) is 9.59 Å². The molecule has 1 fully saturated rings. The fourth-order valence-corrected chi connectivity index (χ4v) is 2.11. The molecule has 2 unspecified atom stereocenters. The standard InChI is InChI=1S/C13H14FNO2/c1-7-3-4-9(5-11(7)14)10-6-12(16)15-13(17)8(10)2/h3-5,8,10H,6H2,1-2H3,(H,15,16,17). The Balaban J connectivity index is 2.34. The first-order chi connectivity index (χ1) is 7.99. The number of imide groups is 1. The van der Waals surface area contributed by atoms with Crippen LogP contribution in [0.4, 0.5) is 4.39 Å². The zero-order chi connectivity index (χ0) is 12.6. The topological polar surface area (TPSA) is 46.2 Å². The van der Waals surface area contributed by atoms with E-state index in [9.17, 15) is 14.0 Å². The second-order valence-corrected chi connectivity index (χ2v) is 4.52. The summed E-state index contributed by atoms with van der Waals surface area (Å²) in [6.45, 7) is 3.44. The maximum Gasteiger partial charge on any atom is 0.230 e. The first-order valence-corrected chi connectivity index (χ1v) is 5.59. The zero-order valence-electron chi connectivity index (χ0n) is 9.79. The Morgan fingerprint density at radius 1 is 1.35 bits per heavy atom. The van der Waals surface area contributed by atoms with Crippen molar-refractivity contribution in [1.82, 2.24) is 5.32 Å². The monoisotopic (exact) mass is 235 g/mol. The molecule has 0 aliphatic carbocycles. The van der Waals surface area contributed by atoms with Gasteiger partial charge in [0.25, 0.3) is 0 Å². The van der Waals surface area contributed by atoms with Gasteiger partial charge in [0.05, 0.1) is 0 Å². The van der Waals surface area contributed by atoms with Gasteiger partial charge >= 0.3 is 0 Å². The van der Waals surface area contributed by atoms with E-state index < -0.39 is 0 Å². The highest BCUT2D eigenvalue weighted by Gasteiger charge is 2.33. The normalized spacial score (nSPS) is 24.6. The van der Waals surface area contributed by atoms with Gasteiger partial charge in [-0.25, -0.2) is 4.39 Å². The maximum atomic E-state index is 13.5. The lowest BCUT2D eigenvalue weighted by atomic mass is 9.81. The number of benzene rings is 1. The number of nitrogens with one attached hydrogen (secondary N) is 1. The molecule has 1 aromatic rings. The van der Waals surface area contributed by atoms with E-state index in [0.29, 0.717) is 11.1 Å². The van der Waals surface area contributed by atoms with Crippen LogP contribution < -0.4 is 5.32 Å². The molecule has 1 aliphatic heterocycles. The molecule has 0 radical (unpaired) electrons. The average molecular weight is 235 g/mol. The molecule has 3 nitrogen and oxygen atoms in total. The summed E-state index contributed by atoms with van der Waals surface area (Å²) < 4.78 is 13.5. The first kappa shape index (κ1) is 11.8. The van der Waals surface area contributed by atoms with E-state index in [1.807, 2.05) is 0 Å². The Labute approximate surface area is 99.0 Å². The van der Waals surface area contributed by atoms with Gasteiger partial charge in [0.15, 0.2) is 0 Å². The molecule has 0 spiro atoms. The fraction of sp³-hybridized carbons (Fsp3) is 0.385. The summed E-state index contributed by atoms with van der Waals surface area (Å²) in [5.41, 5.74) is 1.27. The molecule has 1 N–H and O–H groups in total. The number of piperidine rings is 1. The van der Waals surface area contributed by atoms with Crippen molar-refractivity contribution in [1.29, 1.82) is 0 Å². The van der Waals surface area contributed by atoms with Gasteiger partial charge in [-0.15, -0.1) is 0 Å². The molecule has 2 atom stereocenters. The molecule has 2 amide bonds. The summed E-state index contributed by atoms with van der Waals surface area (Å²) in [6, 6.07) is 4.88. The number of halogens is 1. The Morgan fingerprint density at radius 3 is 2.71 bits per heavy atom. The first-order valence-electron chi connectivity index (χ1n) is 5.59. The lowest BCUT2D eigenvalue weighted by Gasteiger charge is -2.27. The third kappa shape index (κ3) is 2.20. The quantitative estimate of drug-likeness (QED) is 0.756. The minimum absolute atomic E-state index is 0.230. The third-order valence-electron chi connectivity index (χ3n) is 3.31. The van der Waals surface area contributed by atoms with Gasteiger partial charge in [-0.05, 0) is 24.1 Å². The molecule has 0 bridgehead atoms. The maximum absolute atomic E-state index is 13.5. The smallest absolute Gasteiger partial charge is 0.230 e. The SMILES string of the molecule is Cc1ccc(C2CC(=O)NC(=O)C2C)cc1F. The summed E-state index contributed by atoms with van der Waals surface area (Å²) >= 11 is 0. The highest BCUT2D eigenvalue weighted by molar-refractivity contribution is 5.99. The molecule has 1 saturated heterocycles. The molecule has 0 saturated carbocycles. The van der Waals surface area contributed by atoms with Gasteiger partial charge < -0.3 is 0 Å². The predicted molar refractivity (Wildman–Crippen MR) is 60.8 cm³/mol. The van der Waals surface area contributed by atoms with E-state index in [0.717, 1.165) is 0 Å². The molecular formula is C13H14FNO2. The van der Waals surface area contributed by atoms with E-state index in [1.165, 1.54) is 6.07 Å². The Hall–Kier alpha value is -1.71. The van der Waals surface area contributed by atoms with Crippen LogP contribution in [0.5, 0.6) is 0 Å². The second-order valence-electron chi connectivity index (χ2n) is 4.52. The van der Waals surface area contributed by atoms with Gasteiger partial charge in [0.2, 0.25) is 11.8 Å². The van der Waals surface area contributed by atoms with Crippen LogP contribution >= 0.6 is 0 Å². The van der Waals surface area contributed by atoms with Crippen molar-refractivity contribution < 1.29 is 14.0 Å². The number of amides is 2. The van der Waals surface area contributed by atoms with Gasteiger partial charge in [0.1, 0.15) is 5.82 Å². The lowest BCUT2D eigenvalue weighted by Crippen LogP contribution is -2.43. The molecule has 1 aromatic carbocycles. The molecule has 4 heteroatoms. The largest absolute Gasteiger partial charge is 0.296 e. The number of carbonyl (C=O) groups excluding carboxylic acids is 2. The van der Waals surface area contributed by atoms with Crippen molar-refractivity contribution in [2.24, 2.45) is 5.92 Å². The van der Waals surface area contributed by atoms with E-state index in [-0.39, 0.29) is 35.9 Å². The van der Waals surface area contributed by atoms with Gasteiger partial charge in [0, 0.05) is 18.3 Å². The summed E-state index contributed by atoms with van der Waals surface area (Å²) in [4.78, 5) is 22.8. The molecule has 2 rings (SSSR count). The van der Waals surface area contributed by atoms with Crippen molar-refractivity contribution in [3.63, 3.8) is 0 Å². The van der Waals surface area contributed by atoms with Crippen molar-refractivity contribution >= 4 is 11.8 Å². The second kappa shape index (κ2) is 4.28. The number of aryl methyl sites for hydroxylation is 1. The van der Waals surface area contributed by atoms with Crippen LogP contribution in [0.3, 0.4) is 0 Å². The van der Waals surface area contributed by atoms with Crippen molar-refractivity contribution in [2.75, 3.05) is 0 Å². The summed E-state index contributed by atoms with van der Waals surface area (Å²) in [5.74, 6) is -1.42. The van der Waals surface area contributed by atoms with Gasteiger partial charge in [-0.3, -0.25) is 14.9 Å². The molecule has 0 aromatic heterocycles. The third-order valence-corrected chi connectivity index (χ3v) is 3.31. The van der Waals surface area contributed by atoms with E-state index in [1.54, 1.807) is 26.0 Å². The van der Waals surface area contributed by atoms with Crippen LogP contribution in [0.2, 0.25) is 0 Å². The summed E-state index contributed by atoms with van der Waals surface area (Å²) in [7, 11) is 0. The van der Waals surface area contributed by atoms with Gasteiger partial charge in [-0.1, -0.05) is 19.1 Å². The minimum Gasteiger partial charge on any atom is -0.296 e. The highest BCUT2D eigenvalue weighted by Crippen LogP contribution is 2.31. The number of hydrogen-bond acceptors (Lipinski definition) is 2. The molecule has 1 aliphatic rings.